The molecule has 1 aliphatic heterocycles. The van der Waals surface area contributed by atoms with Gasteiger partial charge in [-0.25, -0.2) is 18.2 Å². The average Bonchev–Trinajstić information content (AvgIpc) is 3.16. The van der Waals surface area contributed by atoms with Crippen molar-refractivity contribution in [1.29, 1.82) is 0 Å². The van der Waals surface area contributed by atoms with Gasteiger partial charge in [0.25, 0.3) is 18.1 Å². The number of hydrogen-bond donors (Lipinski definition) is 0. The number of halogens is 3. The molecule has 1 atom stereocenters. The van der Waals surface area contributed by atoms with Crippen molar-refractivity contribution < 1.29 is 18.0 Å². The van der Waals surface area contributed by atoms with Gasteiger partial charge in [0.2, 0.25) is 0 Å². The van der Waals surface area contributed by atoms with Crippen LogP contribution < -0.4 is 0 Å². The van der Waals surface area contributed by atoms with Crippen LogP contribution in [0.25, 0.3) is 5.78 Å². The van der Waals surface area contributed by atoms with Crippen molar-refractivity contribution in [3.05, 3.63) is 59.4 Å². The van der Waals surface area contributed by atoms with Crippen LogP contribution >= 0.6 is 0 Å². The Hall–Kier alpha value is -2.97. The fraction of sp³-hybridized carbons (Fsp3) is 0.333. The molecular weight excluding hydrogens is 359 g/mol. The van der Waals surface area contributed by atoms with E-state index in [2.05, 4.69) is 15.1 Å². The van der Waals surface area contributed by atoms with Crippen LogP contribution in [0.5, 0.6) is 0 Å². The monoisotopic (exact) mass is 375 g/mol. The molecule has 1 unspecified atom stereocenters. The van der Waals surface area contributed by atoms with Gasteiger partial charge in [0, 0.05) is 24.6 Å². The van der Waals surface area contributed by atoms with Crippen LogP contribution in [0.3, 0.4) is 0 Å². The number of piperidine rings is 1. The minimum Gasteiger partial charge on any atom is -0.338 e. The molecule has 2 aromatic heterocycles. The minimum absolute atomic E-state index is 0.116. The zero-order valence-electron chi connectivity index (χ0n) is 14.2. The number of likely N-dealkylation sites (tertiary alicyclic amines) is 1. The summed E-state index contributed by atoms with van der Waals surface area (Å²) in [4.78, 5) is 22.6. The van der Waals surface area contributed by atoms with Gasteiger partial charge in [-0.05, 0) is 43.2 Å². The molecule has 0 radical (unpaired) electrons. The predicted molar refractivity (Wildman–Crippen MR) is 90.0 cm³/mol. The third kappa shape index (κ3) is 3.36. The van der Waals surface area contributed by atoms with Gasteiger partial charge in [0.15, 0.2) is 0 Å². The van der Waals surface area contributed by atoms with E-state index in [0.29, 0.717) is 24.3 Å². The Kier molecular flexibility index (Phi) is 4.51. The van der Waals surface area contributed by atoms with Crippen molar-refractivity contribution in [3.8, 4) is 0 Å². The van der Waals surface area contributed by atoms with Crippen LogP contribution in [0.4, 0.5) is 13.2 Å². The van der Waals surface area contributed by atoms with Gasteiger partial charge in [0.05, 0.1) is 5.69 Å². The first kappa shape index (κ1) is 17.4. The summed E-state index contributed by atoms with van der Waals surface area (Å²) in [7, 11) is 0. The van der Waals surface area contributed by atoms with Crippen LogP contribution in [0.15, 0.2) is 36.7 Å². The molecule has 1 saturated heterocycles. The first-order valence-corrected chi connectivity index (χ1v) is 8.56. The van der Waals surface area contributed by atoms with E-state index in [1.165, 1.54) is 36.7 Å². The number of amides is 1. The summed E-state index contributed by atoms with van der Waals surface area (Å²) in [6.45, 7) is 0.914. The van der Waals surface area contributed by atoms with Crippen LogP contribution in [0.1, 0.15) is 46.9 Å². The normalized spacial score (nSPS) is 17.6. The van der Waals surface area contributed by atoms with Gasteiger partial charge in [-0.1, -0.05) is 0 Å². The molecule has 1 amide bonds. The van der Waals surface area contributed by atoms with E-state index in [9.17, 15) is 18.0 Å². The van der Waals surface area contributed by atoms with Crippen molar-refractivity contribution in [3.63, 3.8) is 0 Å². The zero-order chi connectivity index (χ0) is 19.0. The van der Waals surface area contributed by atoms with Gasteiger partial charge in [0.1, 0.15) is 17.8 Å². The summed E-state index contributed by atoms with van der Waals surface area (Å²) in [5.74, 6) is -0.683. The molecule has 1 fully saturated rings. The number of rotatable bonds is 3. The number of hydrogen-bond acceptors (Lipinski definition) is 4. The van der Waals surface area contributed by atoms with Crippen LogP contribution in [-0.4, -0.2) is 43.5 Å². The molecular formula is C18H16F3N5O. The highest BCUT2D eigenvalue weighted by Gasteiger charge is 2.28. The molecule has 0 aliphatic carbocycles. The molecule has 6 nitrogen and oxygen atoms in total. The van der Waals surface area contributed by atoms with Crippen LogP contribution in [-0.2, 0) is 0 Å². The van der Waals surface area contributed by atoms with Gasteiger partial charge in [-0.3, -0.25) is 4.79 Å². The first-order valence-electron chi connectivity index (χ1n) is 8.56. The number of benzene rings is 1. The lowest BCUT2D eigenvalue weighted by Gasteiger charge is -2.32. The van der Waals surface area contributed by atoms with E-state index >= 15 is 0 Å². The molecule has 0 spiro atoms. The lowest BCUT2D eigenvalue weighted by Crippen LogP contribution is -2.39. The molecule has 0 saturated carbocycles. The number of carbonyl (C=O) groups excluding carboxylic acids is 1. The first-order chi connectivity index (χ1) is 13.0. The summed E-state index contributed by atoms with van der Waals surface area (Å²) < 4.78 is 40.8. The molecule has 1 aromatic carbocycles. The van der Waals surface area contributed by atoms with Crippen molar-refractivity contribution in [2.24, 2.45) is 0 Å². The van der Waals surface area contributed by atoms with E-state index in [1.54, 1.807) is 4.90 Å². The number of alkyl halides is 2. The molecule has 3 aromatic rings. The molecule has 27 heavy (non-hydrogen) atoms. The van der Waals surface area contributed by atoms with Gasteiger partial charge < -0.3 is 4.90 Å². The molecule has 0 N–H and O–H groups in total. The van der Waals surface area contributed by atoms with Crippen molar-refractivity contribution in [1.82, 2.24) is 24.5 Å². The smallest absolute Gasteiger partial charge is 0.280 e. The van der Waals surface area contributed by atoms with E-state index in [-0.39, 0.29) is 23.3 Å². The quantitative estimate of drug-likeness (QED) is 0.705. The lowest BCUT2D eigenvalue weighted by molar-refractivity contribution is 0.0705. The molecule has 9 heteroatoms. The van der Waals surface area contributed by atoms with Gasteiger partial charge in [-0.15, -0.1) is 0 Å². The zero-order valence-corrected chi connectivity index (χ0v) is 14.2. The second kappa shape index (κ2) is 6.98. The molecule has 4 rings (SSSR count). The molecule has 3 heterocycles. The maximum Gasteiger partial charge on any atom is 0.280 e. The van der Waals surface area contributed by atoms with Crippen molar-refractivity contribution in [2.45, 2.75) is 25.2 Å². The molecule has 140 valence electrons. The summed E-state index contributed by atoms with van der Waals surface area (Å²) >= 11 is 0. The topological polar surface area (TPSA) is 63.4 Å². The Morgan fingerprint density at radius 1 is 1.22 bits per heavy atom. The minimum atomic E-state index is -2.71. The Morgan fingerprint density at radius 2 is 2.00 bits per heavy atom. The largest absolute Gasteiger partial charge is 0.338 e. The molecule has 1 aliphatic rings. The molecule has 0 bridgehead atoms. The number of nitrogens with zero attached hydrogens (tertiary/aromatic N) is 5. The fourth-order valence-corrected chi connectivity index (χ4v) is 3.40. The van der Waals surface area contributed by atoms with E-state index in [4.69, 9.17) is 0 Å². The average molecular weight is 375 g/mol. The van der Waals surface area contributed by atoms with E-state index < -0.39 is 12.2 Å². The number of carbonyl (C=O) groups is 1. The van der Waals surface area contributed by atoms with Gasteiger partial charge >= 0.3 is 0 Å². The summed E-state index contributed by atoms with van der Waals surface area (Å²) in [5, 5.41) is 3.78. The summed E-state index contributed by atoms with van der Waals surface area (Å²) in [5.41, 5.74) is 0.600. The second-order valence-electron chi connectivity index (χ2n) is 6.48. The third-order valence-corrected chi connectivity index (χ3v) is 4.74. The Balaban J connectivity index is 1.60. The van der Waals surface area contributed by atoms with Crippen molar-refractivity contribution >= 4 is 11.7 Å². The van der Waals surface area contributed by atoms with Crippen molar-refractivity contribution in [2.75, 3.05) is 13.1 Å². The van der Waals surface area contributed by atoms with Crippen LogP contribution in [0.2, 0.25) is 0 Å². The summed E-state index contributed by atoms with van der Waals surface area (Å²) in [6, 6.07) is 6.70. The summed E-state index contributed by atoms with van der Waals surface area (Å²) in [6.07, 6.45) is -0.0751. The predicted octanol–water partition coefficient (Wildman–Crippen LogP) is 3.22. The highest BCUT2D eigenvalue weighted by molar-refractivity contribution is 5.94. The van der Waals surface area contributed by atoms with E-state index in [1.807, 2.05) is 0 Å². The number of aromatic nitrogens is 4. The third-order valence-electron chi connectivity index (χ3n) is 4.74. The Bertz CT molecular complexity index is 973. The fourth-order valence-electron chi connectivity index (χ4n) is 3.40. The second-order valence-corrected chi connectivity index (χ2v) is 6.48. The Morgan fingerprint density at radius 3 is 2.74 bits per heavy atom. The maximum absolute atomic E-state index is 13.4. The maximum atomic E-state index is 13.4. The van der Waals surface area contributed by atoms with Crippen LogP contribution in [0, 0.1) is 5.82 Å². The van der Waals surface area contributed by atoms with Gasteiger partial charge in [-0.2, -0.15) is 14.6 Å². The Labute approximate surface area is 152 Å². The SMILES string of the molecule is O=C(c1ccc(F)cc1)N1CCCC(c2cc(C(F)F)n3ncnc3n2)C1. The highest BCUT2D eigenvalue weighted by Crippen LogP contribution is 2.29. The standard InChI is InChI=1S/C18H16F3N5O/c19-13-5-3-11(4-6-13)17(27)25-7-1-2-12(9-25)14-8-15(16(20)21)26-18(24-14)22-10-23-26/h3-6,8,10,12,16H,1-2,7,9H2. The van der Waals surface area contributed by atoms with E-state index in [0.717, 1.165) is 17.4 Å². The lowest BCUT2D eigenvalue weighted by atomic mass is 9.93. The number of fused-ring (bicyclic) bond motifs is 1. The highest BCUT2D eigenvalue weighted by atomic mass is 19.3.